The first kappa shape index (κ1) is 19.7. The van der Waals surface area contributed by atoms with Gasteiger partial charge >= 0.3 is 5.97 Å². The topological polar surface area (TPSA) is 84.2 Å². The number of carbonyl (C=O) groups excluding carboxylic acids is 1. The van der Waals surface area contributed by atoms with Crippen LogP contribution in [0.1, 0.15) is 74.7 Å². The van der Waals surface area contributed by atoms with Gasteiger partial charge in [-0.15, -0.1) is 0 Å². The summed E-state index contributed by atoms with van der Waals surface area (Å²) in [4.78, 5) is 23.7. The molecule has 1 unspecified atom stereocenters. The molecule has 0 fully saturated rings. The number of nitrogens with one attached hydrogen (secondary N) is 1. The van der Waals surface area contributed by atoms with E-state index in [1.165, 1.54) is 0 Å². The van der Waals surface area contributed by atoms with E-state index in [4.69, 9.17) is 0 Å². The number of carboxylic acids is 1. The molecule has 0 saturated carbocycles. The molecule has 1 atom stereocenters. The molecule has 1 aromatic heterocycles. The molecule has 0 aliphatic heterocycles. The number of aromatic nitrogens is 2. The minimum atomic E-state index is -0.970. The van der Waals surface area contributed by atoms with Crippen molar-refractivity contribution in [3.63, 3.8) is 0 Å². The van der Waals surface area contributed by atoms with E-state index >= 15 is 0 Å². The van der Waals surface area contributed by atoms with Gasteiger partial charge in [-0.1, -0.05) is 45.0 Å². The van der Waals surface area contributed by atoms with E-state index in [2.05, 4.69) is 31.2 Å². The van der Waals surface area contributed by atoms with Gasteiger partial charge < -0.3 is 10.4 Å². The number of nitrogens with zero attached hydrogens (tertiary/aromatic N) is 2. The molecule has 1 aromatic carbocycles. The predicted molar refractivity (Wildman–Crippen MR) is 100 cm³/mol. The average Bonchev–Trinajstić information content (AvgIpc) is 3.03. The van der Waals surface area contributed by atoms with Crippen LogP contribution < -0.4 is 5.32 Å². The third-order valence-electron chi connectivity index (χ3n) is 4.23. The second-order valence-corrected chi connectivity index (χ2v) is 7.77. The molecule has 2 rings (SSSR count). The van der Waals surface area contributed by atoms with Crippen LogP contribution in [0.25, 0.3) is 0 Å². The Balaban J connectivity index is 2.21. The monoisotopic (exact) mass is 357 g/mol. The van der Waals surface area contributed by atoms with E-state index < -0.39 is 12.0 Å². The molecule has 6 heteroatoms. The summed E-state index contributed by atoms with van der Waals surface area (Å²) in [5, 5.41) is 16.3. The first-order valence-electron chi connectivity index (χ1n) is 8.76. The summed E-state index contributed by atoms with van der Waals surface area (Å²) in [5.41, 5.74) is 2.20. The van der Waals surface area contributed by atoms with Crippen molar-refractivity contribution in [2.24, 2.45) is 0 Å². The summed E-state index contributed by atoms with van der Waals surface area (Å²) >= 11 is 0. The molecule has 0 bridgehead atoms. The lowest BCUT2D eigenvalue weighted by atomic mass is 9.86. The maximum atomic E-state index is 12.5. The highest BCUT2D eigenvalue weighted by atomic mass is 16.4. The Labute approximate surface area is 154 Å². The second kappa shape index (κ2) is 7.72. The lowest BCUT2D eigenvalue weighted by Gasteiger charge is -2.21. The van der Waals surface area contributed by atoms with Crippen LogP contribution in [0, 0.1) is 0 Å². The quantitative estimate of drug-likeness (QED) is 0.825. The maximum Gasteiger partial charge on any atom is 0.305 e. The first-order chi connectivity index (χ1) is 12.1. The minimum Gasteiger partial charge on any atom is -0.481 e. The van der Waals surface area contributed by atoms with Crippen molar-refractivity contribution in [2.75, 3.05) is 0 Å². The van der Waals surface area contributed by atoms with Crippen LogP contribution in [0.3, 0.4) is 0 Å². The normalized spacial score (nSPS) is 12.8. The summed E-state index contributed by atoms with van der Waals surface area (Å²) in [5.74, 6) is -1.35. The standard InChI is InChI=1S/C20H27N3O3/c1-13(2)23-11-10-16(22-23)19(26)21-17(12-18(24)25)14-6-8-15(9-7-14)20(3,4)5/h6-11,13,17H,12H2,1-5H3,(H,21,26)(H,24,25). The lowest BCUT2D eigenvalue weighted by Crippen LogP contribution is -2.30. The Morgan fingerprint density at radius 1 is 1.15 bits per heavy atom. The number of carbonyl (C=O) groups is 2. The molecular weight excluding hydrogens is 330 g/mol. The van der Waals surface area contributed by atoms with Gasteiger partial charge in [-0.3, -0.25) is 14.3 Å². The molecule has 26 heavy (non-hydrogen) atoms. The van der Waals surface area contributed by atoms with E-state index in [1.54, 1.807) is 16.9 Å². The molecule has 0 aliphatic carbocycles. The van der Waals surface area contributed by atoms with Crippen molar-refractivity contribution in [1.29, 1.82) is 0 Å². The van der Waals surface area contributed by atoms with Crippen LogP contribution in [-0.4, -0.2) is 26.8 Å². The smallest absolute Gasteiger partial charge is 0.305 e. The molecule has 6 nitrogen and oxygen atoms in total. The van der Waals surface area contributed by atoms with E-state index in [-0.39, 0.29) is 29.5 Å². The number of amides is 1. The van der Waals surface area contributed by atoms with Gasteiger partial charge in [-0.05, 0) is 36.5 Å². The van der Waals surface area contributed by atoms with E-state index in [0.29, 0.717) is 0 Å². The van der Waals surface area contributed by atoms with Gasteiger partial charge in [-0.25, -0.2) is 0 Å². The highest BCUT2D eigenvalue weighted by Gasteiger charge is 2.21. The molecule has 140 valence electrons. The van der Waals surface area contributed by atoms with Crippen LogP contribution in [0.2, 0.25) is 0 Å². The van der Waals surface area contributed by atoms with Gasteiger partial charge in [0, 0.05) is 12.2 Å². The largest absolute Gasteiger partial charge is 0.481 e. The van der Waals surface area contributed by atoms with Crippen molar-refractivity contribution in [3.05, 3.63) is 53.3 Å². The number of carboxylic acid groups (broad SMARTS) is 1. The number of hydrogen-bond acceptors (Lipinski definition) is 3. The molecule has 1 amide bonds. The number of aliphatic carboxylic acids is 1. The van der Waals surface area contributed by atoms with Crippen LogP contribution in [0.4, 0.5) is 0 Å². The summed E-state index contributed by atoms with van der Waals surface area (Å²) in [6.45, 7) is 10.3. The van der Waals surface area contributed by atoms with Gasteiger partial charge in [-0.2, -0.15) is 5.10 Å². The Hall–Kier alpha value is -2.63. The molecule has 2 N–H and O–H groups in total. The molecule has 0 saturated heterocycles. The summed E-state index contributed by atoms with van der Waals surface area (Å²) in [7, 11) is 0. The fourth-order valence-corrected chi connectivity index (χ4v) is 2.62. The van der Waals surface area contributed by atoms with Gasteiger partial charge in [0.2, 0.25) is 0 Å². The summed E-state index contributed by atoms with van der Waals surface area (Å²) < 4.78 is 1.69. The van der Waals surface area contributed by atoms with Crippen molar-refractivity contribution >= 4 is 11.9 Å². The van der Waals surface area contributed by atoms with E-state index in [1.807, 2.05) is 38.1 Å². The number of benzene rings is 1. The fourth-order valence-electron chi connectivity index (χ4n) is 2.62. The van der Waals surface area contributed by atoms with Crippen LogP contribution >= 0.6 is 0 Å². The van der Waals surface area contributed by atoms with Gasteiger partial charge in [0.1, 0.15) is 5.69 Å². The SMILES string of the molecule is CC(C)n1ccc(C(=O)NC(CC(=O)O)c2ccc(C(C)(C)C)cc2)n1. The zero-order valence-corrected chi connectivity index (χ0v) is 16.0. The molecule has 0 spiro atoms. The average molecular weight is 357 g/mol. The summed E-state index contributed by atoms with van der Waals surface area (Å²) in [6, 6.07) is 8.88. The van der Waals surface area contributed by atoms with Crippen molar-refractivity contribution in [2.45, 2.75) is 58.5 Å². The molecule has 0 radical (unpaired) electrons. The summed E-state index contributed by atoms with van der Waals surface area (Å²) in [6.07, 6.45) is 1.55. The van der Waals surface area contributed by atoms with Crippen LogP contribution in [0.5, 0.6) is 0 Å². The van der Waals surface area contributed by atoms with Gasteiger partial charge in [0.15, 0.2) is 0 Å². The fraction of sp³-hybridized carbons (Fsp3) is 0.450. The second-order valence-electron chi connectivity index (χ2n) is 7.77. The van der Waals surface area contributed by atoms with Gasteiger partial charge in [0.25, 0.3) is 5.91 Å². The molecular formula is C20H27N3O3. The number of rotatable bonds is 6. The zero-order valence-electron chi connectivity index (χ0n) is 16.0. The molecule has 0 aliphatic rings. The van der Waals surface area contributed by atoms with Crippen molar-refractivity contribution in [3.8, 4) is 0 Å². The predicted octanol–water partition coefficient (Wildman–Crippen LogP) is 3.71. The first-order valence-corrected chi connectivity index (χ1v) is 8.76. The Bertz CT molecular complexity index is 770. The van der Waals surface area contributed by atoms with Crippen LogP contribution in [-0.2, 0) is 10.2 Å². The molecule has 2 aromatic rings. The number of hydrogen-bond donors (Lipinski definition) is 2. The third kappa shape index (κ3) is 4.94. The van der Waals surface area contributed by atoms with Crippen LogP contribution in [0.15, 0.2) is 36.5 Å². The Morgan fingerprint density at radius 2 is 1.77 bits per heavy atom. The molecule has 1 heterocycles. The van der Waals surface area contributed by atoms with E-state index in [0.717, 1.165) is 11.1 Å². The van der Waals surface area contributed by atoms with E-state index in [9.17, 15) is 14.7 Å². The minimum absolute atomic E-state index is 0.00769. The maximum absolute atomic E-state index is 12.5. The lowest BCUT2D eigenvalue weighted by molar-refractivity contribution is -0.137. The third-order valence-corrected chi connectivity index (χ3v) is 4.23. The highest BCUT2D eigenvalue weighted by molar-refractivity contribution is 5.92. The highest BCUT2D eigenvalue weighted by Crippen LogP contribution is 2.25. The van der Waals surface area contributed by atoms with Crippen molar-refractivity contribution < 1.29 is 14.7 Å². The zero-order chi connectivity index (χ0) is 19.5. The van der Waals surface area contributed by atoms with Gasteiger partial charge in [0.05, 0.1) is 12.5 Å². The Morgan fingerprint density at radius 3 is 2.23 bits per heavy atom. The Kier molecular flexibility index (Phi) is 5.85. The van der Waals surface area contributed by atoms with Crippen molar-refractivity contribution in [1.82, 2.24) is 15.1 Å².